The van der Waals surface area contributed by atoms with E-state index in [-0.39, 0.29) is 6.42 Å². The van der Waals surface area contributed by atoms with Crippen LogP contribution in [0.5, 0.6) is 5.75 Å². The van der Waals surface area contributed by atoms with Crippen molar-refractivity contribution in [2.24, 2.45) is 0 Å². The minimum absolute atomic E-state index is 0.254. The number of hydrogen-bond donors (Lipinski definition) is 1. The lowest BCUT2D eigenvalue weighted by Gasteiger charge is -2.16. The van der Waals surface area contributed by atoms with Gasteiger partial charge in [-0.3, -0.25) is 4.79 Å². The summed E-state index contributed by atoms with van der Waals surface area (Å²) in [4.78, 5) is 11.5. The molecule has 0 aliphatic heterocycles. The molecule has 110 valence electrons. The fourth-order valence-electron chi connectivity index (χ4n) is 2.36. The molecule has 2 aromatic carbocycles. The number of hydrogen-bond acceptors (Lipinski definition) is 2. The van der Waals surface area contributed by atoms with Crippen molar-refractivity contribution in [2.45, 2.75) is 19.3 Å². The number of halogens is 1. The molecule has 1 N–H and O–H groups in total. The Bertz CT molecular complexity index is 652. The molecule has 4 heteroatoms. The fraction of sp³-hybridized carbons (Fsp3) is 0.235. The first-order valence-corrected chi connectivity index (χ1v) is 6.63. The summed E-state index contributed by atoms with van der Waals surface area (Å²) in [6, 6.07) is 11.3. The first kappa shape index (κ1) is 15.0. The van der Waals surface area contributed by atoms with Gasteiger partial charge in [0.2, 0.25) is 0 Å². The summed E-state index contributed by atoms with van der Waals surface area (Å²) in [6.07, 6.45) is 0.254. The highest BCUT2D eigenvalue weighted by Gasteiger charge is 2.22. The summed E-state index contributed by atoms with van der Waals surface area (Å²) in [6.45, 7) is 1.93. The second-order valence-corrected chi connectivity index (χ2v) is 4.97. The van der Waals surface area contributed by atoms with Crippen molar-refractivity contribution in [2.75, 3.05) is 7.11 Å². The summed E-state index contributed by atoms with van der Waals surface area (Å²) in [5.41, 5.74) is 2.27. The molecule has 1 atom stereocenters. The van der Waals surface area contributed by atoms with Gasteiger partial charge in [-0.25, -0.2) is 4.39 Å². The van der Waals surface area contributed by atoms with Gasteiger partial charge in [0.15, 0.2) is 0 Å². The molecule has 1 unspecified atom stereocenters. The topological polar surface area (TPSA) is 46.5 Å². The van der Waals surface area contributed by atoms with Gasteiger partial charge in [-0.2, -0.15) is 0 Å². The molecule has 3 nitrogen and oxygen atoms in total. The summed E-state index contributed by atoms with van der Waals surface area (Å²) < 4.78 is 18.6. The van der Waals surface area contributed by atoms with Crippen molar-refractivity contribution in [3.05, 3.63) is 65.0 Å². The summed E-state index contributed by atoms with van der Waals surface area (Å²) in [5.74, 6) is -1.58. The maximum Gasteiger partial charge on any atom is 0.311 e. The third kappa shape index (κ3) is 3.60. The molecule has 0 saturated heterocycles. The Labute approximate surface area is 123 Å². The number of carboxylic acid groups (broad SMARTS) is 1. The van der Waals surface area contributed by atoms with E-state index in [1.54, 1.807) is 13.2 Å². The molecule has 2 rings (SSSR count). The number of aryl methyl sites for hydroxylation is 1. The molecule has 21 heavy (non-hydrogen) atoms. The molecule has 0 amide bonds. The third-order valence-corrected chi connectivity index (χ3v) is 3.41. The van der Waals surface area contributed by atoms with Crippen LogP contribution in [0.15, 0.2) is 42.5 Å². The second-order valence-electron chi connectivity index (χ2n) is 4.97. The van der Waals surface area contributed by atoms with E-state index in [9.17, 15) is 14.3 Å². The van der Waals surface area contributed by atoms with E-state index in [0.717, 1.165) is 11.1 Å². The monoisotopic (exact) mass is 288 g/mol. The van der Waals surface area contributed by atoms with Gasteiger partial charge in [-0.15, -0.1) is 0 Å². The van der Waals surface area contributed by atoms with E-state index < -0.39 is 17.7 Å². The summed E-state index contributed by atoms with van der Waals surface area (Å²) >= 11 is 0. The van der Waals surface area contributed by atoms with E-state index in [1.165, 1.54) is 18.2 Å². The van der Waals surface area contributed by atoms with Crippen molar-refractivity contribution in [3.63, 3.8) is 0 Å². The zero-order valence-corrected chi connectivity index (χ0v) is 12.0. The smallest absolute Gasteiger partial charge is 0.311 e. The van der Waals surface area contributed by atoms with Gasteiger partial charge >= 0.3 is 5.97 Å². The van der Waals surface area contributed by atoms with Crippen molar-refractivity contribution in [1.82, 2.24) is 0 Å². The molecule has 0 bridgehead atoms. The predicted octanol–water partition coefficient (Wildman–Crippen LogP) is 3.55. The Balaban J connectivity index is 2.37. The Morgan fingerprint density at radius 3 is 2.67 bits per heavy atom. The fourth-order valence-corrected chi connectivity index (χ4v) is 2.36. The summed E-state index contributed by atoms with van der Waals surface area (Å²) in [7, 11) is 1.55. The Hall–Kier alpha value is -2.36. The zero-order valence-electron chi connectivity index (χ0n) is 12.0. The van der Waals surface area contributed by atoms with Crippen molar-refractivity contribution < 1.29 is 19.0 Å². The number of benzene rings is 2. The van der Waals surface area contributed by atoms with Crippen LogP contribution >= 0.6 is 0 Å². The van der Waals surface area contributed by atoms with E-state index in [0.29, 0.717) is 11.3 Å². The van der Waals surface area contributed by atoms with Crippen molar-refractivity contribution >= 4 is 5.97 Å². The van der Waals surface area contributed by atoms with E-state index in [2.05, 4.69) is 0 Å². The largest absolute Gasteiger partial charge is 0.496 e. The normalized spacial score (nSPS) is 12.0. The highest BCUT2D eigenvalue weighted by atomic mass is 19.1. The Morgan fingerprint density at radius 1 is 1.29 bits per heavy atom. The number of carbonyl (C=O) groups is 1. The highest BCUT2D eigenvalue weighted by Crippen LogP contribution is 2.28. The van der Waals surface area contributed by atoms with Crippen LogP contribution in [-0.2, 0) is 11.2 Å². The molecule has 0 radical (unpaired) electrons. The van der Waals surface area contributed by atoms with Gasteiger partial charge in [-0.1, -0.05) is 29.8 Å². The Morgan fingerprint density at radius 2 is 2.05 bits per heavy atom. The standard InChI is InChI=1S/C17H17FO3/c1-11-6-7-16(21-2)13(8-11)10-15(17(19)20)12-4-3-5-14(18)9-12/h3-9,15H,10H2,1-2H3,(H,19,20). The molecule has 0 aliphatic rings. The Kier molecular flexibility index (Phi) is 4.58. The molecule has 0 saturated carbocycles. The van der Waals surface area contributed by atoms with Crippen LogP contribution in [0, 0.1) is 12.7 Å². The minimum Gasteiger partial charge on any atom is -0.496 e. The number of carboxylic acids is 1. The first-order chi connectivity index (χ1) is 10.0. The van der Waals surface area contributed by atoms with Gasteiger partial charge < -0.3 is 9.84 Å². The molecule has 0 fully saturated rings. The number of aliphatic carboxylic acids is 1. The summed E-state index contributed by atoms with van der Waals surface area (Å²) in [5, 5.41) is 9.45. The maximum atomic E-state index is 13.3. The van der Waals surface area contributed by atoms with Gasteiger partial charge in [0.05, 0.1) is 13.0 Å². The molecular weight excluding hydrogens is 271 g/mol. The average Bonchev–Trinajstić information content (AvgIpc) is 2.44. The molecule has 0 heterocycles. The van der Waals surface area contributed by atoms with Crippen LogP contribution in [0.1, 0.15) is 22.6 Å². The van der Waals surface area contributed by atoms with Crippen molar-refractivity contribution in [1.29, 1.82) is 0 Å². The molecule has 0 aromatic heterocycles. The minimum atomic E-state index is -0.982. The van der Waals surface area contributed by atoms with E-state index >= 15 is 0 Å². The molecule has 0 aliphatic carbocycles. The second kappa shape index (κ2) is 6.39. The lowest BCUT2D eigenvalue weighted by Crippen LogP contribution is -2.15. The molecule has 0 spiro atoms. The number of methoxy groups -OCH3 is 1. The van der Waals surface area contributed by atoms with Crippen LogP contribution in [-0.4, -0.2) is 18.2 Å². The van der Waals surface area contributed by atoms with E-state index in [4.69, 9.17) is 4.74 Å². The lowest BCUT2D eigenvalue weighted by atomic mass is 9.91. The third-order valence-electron chi connectivity index (χ3n) is 3.41. The maximum absolute atomic E-state index is 13.3. The average molecular weight is 288 g/mol. The van der Waals surface area contributed by atoms with Gasteiger partial charge in [0, 0.05) is 0 Å². The number of rotatable bonds is 5. The van der Waals surface area contributed by atoms with Crippen LogP contribution in [0.4, 0.5) is 4.39 Å². The van der Waals surface area contributed by atoms with Gasteiger partial charge in [-0.05, 0) is 42.7 Å². The van der Waals surface area contributed by atoms with Gasteiger partial charge in [0.1, 0.15) is 11.6 Å². The quantitative estimate of drug-likeness (QED) is 0.915. The molecular formula is C17H17FO3. The lowest BCUT2D eigenvalue weighted by molar-refractivity contribution is -0.138. The predicted molar refractivity (Wildman–Crippen MR) is 78.2 cm³/mol. The van der Waals surface area contributed by atoms with Crippen molar-refractivity contribution in [3.8, 4) is 5.75 Å². The van der Waals surface area contributed by atoms with Gasteiger partial charge in [0.25, 0.3) is 0 Å². The molecule has 2 aromatic rings. The highest BCUT2D eigenvalue weighted by molar-refractivity contribution is 5.76. The number of ether oxygens (including phenoxy) is 1. The van der Waals surface area contributed by atoms with Crippen LogP contribution < -0.4 is 4.74 Å². The van der Waals surface area contributed by atoms with E-state index in [1.807, 2.05) is 25.1 Å². The first-order valence-electron chi connectivity index (χ1n) is 6.63. The van der Waals surface area contributed by atoms with Crippen LogP contribution in [0.2, 0.25) is 0 Å². The van der Waals surface area contributed by atoms with Crippen LogP contribution in [0.3, 0.4) is 0 Å². The van der Waals surface area contributed by atoms with Crippen LogP contribution in [0.25, 0.3) is 0 Å². The SMILES string of the molecule is COc1ccc(C)cc1CC(C(=O)O)c1cccc(F)c1. The zero-order chi connectivity index (χ0) is 15.4.